The molecule has 33 heavy (non-hydrogen) atoms. The van der Waals surface area contributed by atoms with Gasteiger partial charge >= 0.3 is 6.18 Å². The summed E-state index contributed by atoms with van der Waals surface area (Å²) >= 11 is 2.11. The molecule has 1 aromatic heterocycles. The number of H-pyrrole nitrogens is 1. The number of benzene rings is 3. The summed E-state index contributed by atoms with van der Waals surface area (Å²) in [5.41, 5.74) is 3.24. The maximum atomic E-state index is 13.3. The molecule has 3 nitrogen and oxygen atoms in total. The normalized spacial score (nSPS) is 12.0. The SMILES string of the molecule is CC(C)(C)c1ccc2nc(-c3ccc(I)c(OCc4ccccc4C(F)(F)F)c3)[nH]c2c1.Cl. The predicted octanol–water partition coefficient (Wildman–Crippen LogP) is 8.15. The van der Waals surface area contributed by atoms with Gasteiger partial charge < -0.3 is 9.72 Å². The van der Waals surface area contributed by atoms with E-state index in [2.05, 4.69) is 65.5 Å². The number of alkyl halides is 3. The van der Waals surface area contributed by atoms with Crippen LogP contribution in [0.2, 0.25) is 0 Å². The molecule has 4 aromatic rings. The highest BCUT2D eigenvalue weighted by atomic mass is 127. The molecule has 0 fully saturated rings. The maximum absolute atomic E-state index is 13.3. The van der Waals surface area contributed by atoms with Crippen molar-refractivity contribution in [3.8, 4) is 17.1 Å². The zero-order valence-corrected chi connectivity index (χ0v) is 21.2. The molecule has 0 saturated carbocycles. The molecule has 0 radical (unpaired) electrons. The second-order valence-electron chi connectivity index (χ2n) is 8.66. The van der Waals surface area contributed by atoms with E-state index in [1.54, 1.807) is 12.1 Å². The molecule has 0 atom stereocenters. The highest BCUT2D eigenvalue weighted by Crippen LogP contribution is 2.34. The van der Waals surface area contributed by atoms with E-state index in [1.807, 2.05) is 18.2 Å². The predicted molar refractivity (Wildman–Crippen MR) is 136 cm³/mol. The molecule has 0 unspecified atom stereocenters. The molecule has 0 aliphatic carbocycles. The van der Waals surface area contributed by atoms with E-state index in [0.717, 1.165) is 26.2 Å². The fourth-order valence-electron chi connectivity index (χ4n) is 3.45. The third-order valence-corrected chi connectivity index (χ3v) is 6.15. The van der Waals surface area contributed by atoms with Gasteiger partial charge in [-0.15, -0.1) is 12.4 Å². The minimum atomic E-state index is -4.42. The fraction of sp³-hybridized carbons (Fsp3) is 0.240. The van der Waals surface area contributed by atoms with Crippen molar-refractivity contribution in [2.24, 2.45) is 0 Å². The van der Waals surface area contributed by atoms with Gasteiger partial charge in [-0.1, -0.05) is 45.0 Å². The second kappa shape index (κ2) is 9.54. The minimum absolute atomic E-state index is 0. The molecule has 0 spiro atoms. The molecule has 1 N–H and O–H groups in total. The average Bonchev–Trinajstić information content (AvgIpc) is 3.15. The highest BCUT2D eigenvalue weighted by Gasteiger charge is 2.33. The molecule has 8 heteroatoms. The highest BCUT2D eigenvalue weighted by molar-refractivity contribution is 14.1. The summed E-state index contributed by atoms with van der Waals surface area (Å²) in [6, 6.07) is 17.2. The molecule has 0 aliphatic heterocycles. The van der Waals surface area contributed by atoms with E-state index in [-0.39, 0.29) is 30.0 Å². The fourth-order valence-corrected chi connectivity index (χ4v) is 3.94. The van der Waals surface area contributed by atoms with Crippen LogP contribution >= 0.6 is 35.0 Å². The Morgan fingerprint density at radius 3 is 2.39 bits per heavy atom. The Kier molecular flexibility index (Phi) is 7.33. The number of fused-ring (bicyclic) bond motifs is 1. The quantitative estimate of drug-likeness (QED) is 0.245. The van der Waals surface area contributed by atoms with Gasteiger partial charge in [0.15, 0.2) is 0 Å². The Morgan fingerprint density at radius 2 is 1.70 bits per heavy atom. The molecule has 0 saturated heterocycles. The molecule has 0 amide bonds. The summed E-state index contributed by atoms with van der Waals surface area (Å²) in [5, 5.41) is 0. The van der Waals surface area contributed by atoms with E-state index >= 15 is 0 Å². The lowest BCUT2D eigenvalue weighted by molar-refractivity contribution is -0.138. The third kappa shape index (κ3) is 5.63. The number of imidazole rings is 1. The van der Waals surface area contributed by atoms with Crippen molar-refractivity contribution in [1.82, 2.24) is 9.97 Å². The first-order valence-corrected chi connectivity index (χ1v) is 11.2. The van der Waals surface area contributed by atoms with E-state index in [1.165, 1.54) is 17.7 Å². The Bertz CT molecular complexity index is 1280. The monoisotopic (exact) mass is 586 g/mol. The number of nitrogens with zero attached hydrogens (tertiary/aromatic N) is 1. The summed E-state index contributed by atoms with van der Waals surface area (Å²) in [6.07, 6.45) is -4.42. The van der Waals surface area contributed by atoms with E-state index in [0.29, 0.717) is 11.6 Å². The zero-order valence-electron chi connectivity index (χ0n) is 18.3. The summed E-state index contributed by atoms with van der Waals surface area (Å²) in [7, 11) is 0. The first-order chi connectivity index (χ1) is 15.0. The number of hydrogen-bond acceptors (Lipinski definition) is 2. The molecule has 0 bridgehead atoms. The van der Waals surface area contributed by atoms with Gasteiger partial charge in [-0.2, -0.15) is 13.2 Å². The number of aromatic nitrogens is 2. The third-order valence-electron chi connectivity index (χ3n) is 5.26. The Labute approximate surface area is 210 Å². The Balaban J connectivity index is 0.00000306. The number of hydrogen-bond donors (Lipinski definition) is 1. The van der Waals surface area contributed by atoms with Crippen LogP contribution in [0.5, 0.6) is 5.75 Å². The smallest absolute Gasteiger partial charge is 0.416 e. The van der Waals surface area contributed by atoms with Crippen molar-refractivity contribution in [2.75, 3.05) is 0 Å². The van der Waals surface area contributed by atoms with Gasteiger partial charge in [0.2, 0.25) is 0 Å². The van der Waals surface area contributed by atoms with Gasteiger partial charge in [-0.25, -0.2) is 4.98 Å². The van der Waals surface area contributed by atoms with Crippen LogP contribution in [0.1, 0.15) is 37.5 Å². The largest absolute Gasteiger partial charge is 0.488 e. The number of aromatic amines is 1. The van der Waals surface area contributed by atoms with Gasteiger partial charge in [0.25, 0.3) is 0 Å². The molecule has 1 heterocycles. The van der Waals surface area contributed by atoms with Crippen LogP contribution in [0.25, 0.3) is 22.4 Å². The second-order valence-corrected chi connectivity index (χ2v) is 9.82. The molecule has 4 rings (SSSR count). The Hall–Kier alpha value is -2.26. The first-order valence-electron chi connectivity index (χ1n) is 10.1. The van der Waals surface area contributed by atoms with Gasteiger partial charge in [0.1, 0.15) is 18.2 Å². The van der Waals surface area contributed by atoms with Crippen LogP contribution in [0.3, 0.4) is 0 Å². The molecule has 0 aliphatic rings. The first kappa shape index (κ1) is 25.4. The summed E-state index contributed by atoms with van der Waals surface area (Å²) < 4.78 is 46.4. The van der Waals surface area contributed by atoms with Crippen molar-refractivity contribution >= 4 is 46.0 Å². The van der Waals surface area contributed by atoms with Gasteiger partial charge in [-0.3, -0.25) is 0 Å². The summed E-state index contributed by atoms with van der Waals surface area (Å²) in [4.78, 5) is 8.04. The van der Waals surface area contributed by atoms with E-state index in [4.69, 9.17) is 4.74 Å². The lowest BCUT2D eigenvalue weighted by atomic mass is 9.87. The standard InChI is InChI=1S/C25H22F3IN2O.ClH/c1-24(2,3)17-9-11-20-21(13-17)31-23(30-20)15-8-10-19(29)22(12-15)32-14-16-6-4-5-7-18(16)25(26,27)28;/h4-13H,14H2,1-3H3,(H,30,31);1H. The van der Waals surface area contributed by atoms with Crippen LogP contribution in [0.15, 0.2) is 60.7 Å². The zero-order chi connectivity index (χ0) is 23.1. The van der Waals surface area contributed by atoms with Crippen LogP contribution in [0, 0.1) is 3.57 Å². The van der Waals surface area contributed by atoms with Crippen molar-refractivity contribution in [3.63, 3.8) is 0 Å². The number of rotatable bonds is 4. The molecular weight excluding hydrogens is 564 g/mol. The van der Waals surface area contributed by atoms with Gasteiger partial charge in [0.05, 0.1) is 20.2 Å². The van der Waals surface area contributed by atoms with Crippen molar-refractivity contribution in [2.45, 2.75) is 39.0 Å². The van der Waals surface area contributed by atoms with E-state index < -0.39 is 11.7 Å². The Morgan fingerprint density at radius 1 is 0.970 bits per heavy atom. The molecular formula is C25H23ClF3IN2O. The number of nitrogens with one attached hydrogen (secondary N) is 1. The molecule has 174 valence electrons. The van der Waals surface area contributed by atoms with Crippen molar-refractivity contribution in [1.29, 1.82) is 0 Å². The molecule has 3 aromatic carbocycles. The van der Waals surface area contributed by atoms with Crippen LogP contribution in [0.4, 0.5) is 13.2 Å². The van der Waals surface area contributed by atoms with Crippen molar-refractivity contribution in [3.05, 3.63) is 80.9 Å². The van der Waals surface area contributed by atoms with Crippen LogP contribution in [-0.2, 0) is 18.2 Å². The lowest BCUT2D eigenvalue weighted by Gasteiger charge is -2.18. The topological polar surface area (TPSA) is 37.9 Å². The maximum Gasteiger partial charge on any atom is 0.416 e. The summed E-state index contributed by atoms with van der Waals surface area (Å²) in [5.74, 6) is 1.19. The van der Waals surface area contributed by atoms with Crippen molar-refractivity contribution < 1.29 is 17.9 Å². The van der Waals surface area contributed by atoms with E-state index in [9.17, 15) is 13.2 Å². The van der Waals surface area contributed by atoms with Crippen LogP contribution in [-0.4, -0.2) is 9.97 Å². The van der Waals surface area contributed by atoms with Gasteiger partial charge in [-0.05, 0) is 70.0 Å². The average molecular weight is 587 g/mol. The van der Waals surface area contributed by atoms with Gasteiger partial charge in [0, 0.05) is 11.1 Å². The summed E-state index contributed by atoms with van der Waals surface area (Å²) in [6.45, 7) is 6.30. The number of halogens is 5. The lowest BCUT2D eigenvalue weighted by Crippen LogP contribution is -2.11. The minimum Gasteiger partial charge on any atom is -0.488 e. The number of ether oxygens (including phenoxy) is 1. The van der Waals surface area contributed by atoms with Crippen LogP contribution < -0.4 is 4.74 Å².